The van der Waals surface area contributed by atoms with Crippen LogP contribution in [0.2, 0.25) is 6.55 Å². The first kappa shape index (κ1) is 24.3. The molecule has 0 saturated heterocycles. The van der Waals surface area contributed by atoms with Gasteiger partial charge in [0.1, 0.15) is 0 Å². The lowest BCUT2D eigenvalue weighted by Gasteiger charge is -2.42. The van der Waals surface area contributed by atoms with E-state index in [1.165, 1.54) is 0 Å². The summed E-state index contributed by atoms with van der Waals surface area (Å²) in [6.07, 6.45) is -13.9. The molecule has 15 heteroatoms. The summed E-state index contributed by atoms with van der Waals surface area (Å²) in [5.41, 5.74) is -6.06. The van der Waals surface area contributed by atoms with Gasteiger partial charge >= 0.3 is 38.1 Å². The molecule has 0 aliphatic rings. The van der Waals surface area contributed by atoms with Crippen molar-refractivity contribution in [2.45, 2.75) is 48.6 Å². The molecular formula is C10H12F12O2Si. The molecule has 0 aliphatic carbocycles. The molecule has 0 bridgehead atoms. The molecule has 0 radical (unpaired) electrons. The lowest BCUT2D eigenvalue weighted by molar-refractivity contribution is -0.368. The van der Waals surface area contributed by atoms with Crippen LogP contribution >= 0.6 is 0 Å². The van der Waals surface area contributed by atoms with Gasteiger partial charge in [-0.2, -0.15) is 48.3 Å². The van der Waals surface area contributed by atoms with Crippen molar-refractivity contribution < 1.29 is 61.5 Å². The van der Waals surface area contributed by atoms with Gasteiger partial charge in [-0.1, -0.05) is 0 Å². The maximum Gasteiger partial charge on any atom is 0.418 e. The summed E-state index contributed by atoms with van der Waals surface area (Å²) in [6, 6.07) is 0. The quantitative estimate of drug-likeness (QED) is 0.418. The maximum atomic E-state index is 13.8. The number of alkyl halides is 12. The molecule has 152 valence electrons. The van der Waals surface area contributed by atoms with Crippen LogP contribution in [0.25, 0.3) is 0 Å². The Balaban J connectivity index is 6.11. The van der Waals surface area contributed by atoms with Gasteiger partial charge in [-0.05, 0) is 6.55 Å². The maximum absolute atomic E-state index is 13.8. The average molecular weight is 420 g/mol. The van der Waals surface area contributed by atoms with Crippen LogP contribution in [0.15, 0.2) is 0 Å². The van der Waals surface area contributed by atoms with Crippen LogP contribution in [0.5, 0.6) is 0 Å². The lowest BCUT2D eigenvalue weighted by atomic mass is 9.98. The average Bonchev–Trinajstić information content (AvgIpc) is 2.43. The van der Waals surface area contributed by atoms with Crippen LogP contribution in [-0.2, 0) is 8.85 Å². The summed E-state index contributed by atoms with van der Waals surface area (Å²) in [4.78, 5) is 0. The van der Waals surface area contributed by atoms with Gasteiger partial charge in [0.25, 0.3) is 0 Å². The molecule has 0 rings (SSSR count). The zero-order valence-electron chi connectivity index (χ0n) is 12.6. The second-order valence-electron chi connectivity index (χ2n) is 4.99. The minimum atomic E-state index is -7.19. The summed E-state index contributed by atoms with van der Waals surface area (Å²) in [6.45, 7) is 0.123. The minimum Gasteiger partial charge on any atom is -0.394 e. The Morgan fingerprint density at radius 3 is 1.40 bits per heavy atom. The summed E-state index contributed by atoms with van der Waals surface area (Å²) in [5, 5.41) is 0. The fourth-order valence-corrected chi connectivity index (χ4v) is 2.97. The van der Waals surface area contributed by atoms with Crippen molar-refractivity contribution in [3.8, 4) is 0 Å². The first-order chi connectivity index (χ1) is 10.7. The third-order valence-corrected chi connectivity index (χ3v) is 6.37. The van der Waals surface area contributed by atoms with Gasteiger partial charge in [-0.3, -0.25) is 0 Å². The van der Waals surface area contributed by atoms with Gasteiger partial charge in [0.05, 0.1) is 6.42 Å². The first-order valence-electron chi connectivity index (χ1n) is 6.07. The van der Waals surface area contributed by atoms with Crippen LogP contribution in [0.3, 0.4) is 0 Å². The highest BCUT2D eigenvalue weighted by molar-refractivity contribution is 6.68. The zero-order valence-corrected chi connectivity index (χ0v) is 13.6. The summed E-state index contributed by atoms with van der Waals surface area (Å²) >= 11 is 0. The highest BCUT2D eigenvalue weighted by Gasteiger charge is 2.87. The molecule has 0 saturated carbocycles. The lowest BCUT2D eigenvalue weighted by Crippen LogP contribution is -2.73. The van der Waals surface area contributed by atoms with E-state index in [1.807, 2.05) is 0 Å². The Bertz CT molecular complexity index is 459. The Labute approximate surface area is 134 Å². The SMILES string of the molecule is CO[Si](C)(OC)C(F)(F)C(F)(F)C(F)(F)C(F)(F)C(F)CC(F)(F)F. The van der Waals surface area contributed by atoms with Crippen molar-refractivity contribution in [3.63, 3.8) is 0 Å². The molecule has 0 aromatic heterocycles. The third kappa shape index (κ3) is 3.86. The van der Waals surface area contributed by atoms with E-state index >= 15 is 0 Å². The smallest absolute Gasteiger partial charge is 0.394 e. The van der Waals surface area contributed by atoms with Crippen molar-refractivity contribution in [3.05, 3.63) is 0 Å². The molecule has 25 heavy (non-hydrogen) atoms. The largest absolute Gasteiger partial charge is 0.418 e. The van der Waals surface area contributed by atoms with Crippen LogP contribution in [0, 0.1) is 0 Å². The van der Waals surface area contributed by atoms with Gasteiger partial charge in [0.15, 0.2) is 6.17 Å². The van der Waals surface area contributed by atoms with E-state index in [0.717, 1.165) is 0 Å². The molecule has 0 heterocycles. The van der Waals surface area contributed by atoms with E-state index in [4.69, 9.17) is 0 Å². The third-order valence-electron chi connectivity index (χ3n) is 3.36. The van der Waals surface area contributed by atoms with Crippen molar-refractivity contribution in [2.24, 2.45) is 0 Å². The Kier molecular flexibility index (Phi) is 6.60. The van der Waals surface area contributed by atoms with E-state index in [-0.39, 0.29) is 6.55 Å². The topological polar surface area (TPSA) is 18.5 Å². The first-order valence-corrected chi connectivity index (χ1v) is 8.39. The van der Waals surface area contributed by atoms with Gasteiger partial charge in [-0.25, -0.2) is 4.39 Å². The van der Waals surface area contributed by atoms with E-state index in [9.17, 15) is 52.7 Å². The van der Waals surface area contributed by atoms with E-state index in [0.29, 0.717) is 14.2 Å². The minimum absolute atomic E-state index is 0.123. The van der Waals surface area contributed by atoms with Crippen LogP contribution in [0.4, 0.5) is 52.7 Å². The molecule has 1 unspecified atom stereocenters. The summed E-state index contributed by atoms with van der Waals surface area (Å²) < 4.78 is 164. The number of hydrogen-bond donors (Lipinski definition) is 0. The van der Waals surface area contributed by atoms with Crippen LogP contribution in [-0.4, -0.2) is 58.4 Å². The monoisotopic (exact) mass is 420 g/mol. The standard InChI is InChI=1S/C10H12F12O2Si/c1-23-25(3,24-2)10(21,22)9(19,20)8(17,18)7(15,16)5(11)4-6(12,13)14/h5H,4H2,1-3H3. The molecular weight excluding hydrogens is 408 g/mol. The molecule has 0 aromatic rings. The molecule has 1 atom stereocenters. The van der Waals surface area contributed by atoms with E-state index in [1.54, 1.807) is 0 Å². The van der Waals surface area contributed by atoms with Crippen molar-refractivity contribution >= 4 is 8.56 Å². The Morgan fingerprint density at radius 1 is 0.760 bits per heavy atom. The van der Waals surface area contributed by atoms with Crippen molar-refractivity contribution in [1.82, 2.24) is 0 Å². The van der Waals surface area contributed by atoms with Crippen molar-refractivity contribution in [2.75, 3.05) is 14.2 Å². The van der Waals surface area contributed by atoms with E-state index in [2.05, 4.69) is 8.85 Å². The molecule has 2 nitrogen and oxygen atoms in total. The summed E-state index contributed by atoms with van der Waals surface area (Å²) in [7, 11) is -4.88. The van der Waals surface area contributed by atoms with Crippen LogP contribution in [0.1, 0.15) is 6.42 Å². The molecule has 0 fully saturated rings. The summed E-state index contributed by atoms with van der Waals surface area (Å²) in [5.74, 6) is -21.0. The van der Waals surface area contributed by atoms with Gasteiger partial charge in [0.2, 0.25) is 0 Å². The molecule has 0 N–H and O–H groups in total. The van der Waals surface area contributed by atoms with Crippen molar-refractivity contribution in [1.29, 1.82) is 0 Å². The van der Waals surface area contributed by atoms with Gasteiger partial charge < -0.3 is 8.85 Å². The number of halogens is 12. The van der Waals surface area contributed by atoms with Gasteiger partial charge in [-0.15, -0.1) is 0 Å². The molecule has 0 spiro atoms. The molecule has 0 aromatic carbocycles. The highest BCUT2D eigenvalue weighted by atomic mass is 28.4. The second-order valence-corrected chi connectivity index (χ2v) is 8.32. The Morgan fingerprint density at radius 2 is 1.12 bits per heavy atom. The highest BCUT2D eigenvalue weighted by Crippen LogP contribution is 2.57. The number of hydrogen-bond acceptors (Lipinski definition) is 2. The second kappa shape index (κ2) is 6.79. The zero-order chi connectivity index (χ0) is 20.7. The predicted molar refractivity (Wildman–Crippen MR) is 61.0 cm³/mol. The fraction of sp³-hybridized carbons (Fsp3) is 1.00. The Hall–Kier alpha value is -0.703. The predicted octanol–water partition coefficient (Wildman–Crippen LogP) is 4.72. The molecule has 0 amide bonds. The molecule has 0 aliphatic heterocycles. The number of rotatable bonds is 8. The van der Waals surface area contributed by atoms with Gasteiger partial charge in [0, 0.05) is 14.2 Å². The fourth-order valence-electron chi connectivity index (χ4n) is 1.56. The van der Waals surface area contributed by atoms with Crippen LogP contribution < -0.4 is 0 Å². The van der Waals surface area contributed by atoms with E-state index < -0.39 is 50.6 Å². The normalized spacial score (nSPS) is 16.9.